The van der Waals surface area contributed by atoms with Crippen LogP contribution in [0.25, 0.3) is 10.9 Å². The number of anilines is 1. The molecule has 0 unspecified atom stereocenters. The minimum absolute atomic E-state index is 0.280. The van der Waals surface area contributed by atoms with Crippen LogP contribution in [0.4, 0.5) is 10.1 Å². The van der Waals surface area contributed by atoms with Crippen molar-refractivity contribution in [2.75, 3.05) is 43.4 Å². The lowest BCUT2D eigenvalue weighted by Crippen LogP contribution is -2.46. The normalized spacial score (nSPS) is 15.6. The van der Waals surface area contributed by atoms with Gasteiger partial charge in [-0.1, -0.05) is 17.7 Å². The van der Waals surface area contributed by atoms with Crippen LogP contribution < -0.4 is 4.90 Å². The molecule has 1 fully saturated rings. The number of hydrogen-bond acceptors (Lipinski definition) is 3. The van der Waals surface area contributed by atoms with Crippen molar-refractivity contribution in [3.63, 3.8) is 0 Å². The third-order valence-electron chi connectivity index (χ3n) is 5.06. The van der Waals surface area contributed by atoms with Crippen LogP contribution in [-0.4, -0.2) is 48.4 Å². The highest BCUT2D eigenvalue weighted by Crippen LogP contribution is 2.29. The van der Waals surface area contributed by atoms with E-state index >= 15 is 0 Å². The first-order valence-electron chi connectivity index (χ1n) is 9.32. The molecule has 3 nitrogen and oxygen atoms in total. The van der Waals surface area contributed by atoms with Crippen LogP contribution >= 0.6 is 23.4 Å². The molecule has 1 saturated heterocycles. The van der Waals surface area contributed by atoms with Gasteiger partial charge in [0.15, 0.2) is 0 Å². The Hall–Kier alpha value is -1.69. The lowest BCUT2D eigenvalue weighted by atomic mass is 10.1. The zero-order chi connectivity index (χ0) is 18.6. The standard InChI is InChI=1S/C21H23ClFN3S/c22-18-15-16(23)5-6-21(18)27-14-2-9-25-10-12-26(13-11-25)20-4-1-3-19-17(20)7-8-24-19/h1,3-8,15,24H,2,9-14H2. The number of nitrogens with one attached hydrogen (secondary N) is 1. The summed E-state index contributed by atoms with van der Waals surface area (Å²) in [5, 5.41) is 1.81. The van der Waals surface area contributed by atoms with Gasteiger partial charge in [0, 0.05) is 53.9 Å². The second-order valence-electron chi connectivity index (χ2n) is 6.82. The first-order valence-corrected chi connectivity index (χ1v) is 10.7. The second kappa shape index (κ2) is 8.55. The maximum absolute atomic E-state index is 13.1. The average molecular weight is 404 g/mol. The second-order valence-corrected chi connectivity index (χ2v) is 8.37. The zero-order valence-corrected chi connectivity index (χ0v) is 16.7. The van der Waals surface area contributed by atoms with Crippen molar-refractivity contribution in [1.29, 1.82) is 0 Å². The highest BCUT2D eigenvalue weighted by atomic mass is 35.5. The van der Waals surface area contributed by atoms with Gasteiger partial charge in [0.1, 0.15) is 5.82 Å². The van der Waals surface area contributed by atoms with Crippen LogP contribution in [0.3, 0.4) is 0 Å². The van der Waals surface area contributed by atoms with Gasteiger partial charge in [0.05, 0.1) is 5.02 Å². The van der Waals surface area contributed by atoms with Crippen LogP contribution in [0.15, 0.2) is 53.6 Å². The molecule has 0 aliphatic carbocycles. The van der Waals surface area contributed by atoms with E-state index in [4.69, 9.17) is 11.6 Å². The van der Waals surface area contributed by atoms with Crippen molar-refractivity contribution in [2.24, 2.45) is 0 Å². The van der Waals surface area contributed by atoms with Gasteiger partial charge < -0.3 is 9.88 Å². The number of rotatable bonds is 6. The molecule has 3 aromatic rings. The summed E-state index contributed by atoms with van der Waals surface area (Å²) in [6, 6.07) is 13.2. The van der Waals surface area contributed by atoms with Gasteiger partial charge in [-0.3, -0.25) is 4.90 Å². The van der Waals surface area contributed by atoms with Gasteiger partial charge in [0.25, 0.3) is 0 Å². The molecule has 0 atom stereocenters. The van der Waals surface area contributed by atoms with Crippen molar-refractivity contribution in [3.8, 4) is 0 Å². The van der Waals surface area contributed by atoms with E-state index in [1.54, 1.807) is 17.8 Å². The first-order chi connectivity index (χ1) is 13.2. The maximum atomic E-state index is 13.1. The molecule has 1 N–H and O–H groups in total. The van der Waals surface area contributed by atoms with Crippen LogP contribution in [0.2, 0.25) is 5.02 Å². The number of H-pyrrole nitrogens is 1. The van der Waals surface area contributed by atoms with Gasteiger partial charge in [-0.2, -0.15) is 0 Å². The van der Waals surface area contributed by atoms with Gasteiger partial charge >= 0.3 is 0 Å². The summed E-state index contributed by atoms with van der Waals surface area (Å²) in [4.78, 5) is 9.27. The van der Waals surface area contributed by atoms with E-state index in [1.807, 2.05) is 6.20 Å². The number of piperazine rings is 1. The van der Waals surface area contributed by atoms with E-state index in [0.29, 0.717) is 5.02 Å². The molecule has 1 aliphatic heterocycles. The smallest absolute Gasteiger partial charge is 0.124 e. The summed E-state index contributed by atoms with van der Waals surface area (Å²) in [6.45, 7) is 5.38. The summed E-state index contributed by atoms with van der Waals surface area (Å²) in [7, 11) is 0. The lowest BCUT2D eigenvalue weighted by Gasteiger charge is -2.36. The van der Waals surface area contributed by atoms with Crippen molar-refractivity contribution >= 4 is 40.0 Å². The summed E-state index contributed by atoms with van der Waals surface area (Å²) in [5.41, 5.74) is 2.53. The monoisotopic (exact) mass is 403 g/mol. The van der Waals surface area contributed by atoms with E-state index < -0.39 is 0 Å². The SMILES string of the molecule is Fc1ccc(SCCCN2CCN(c3cccc4[nH]ccc34)CC2)c(Cl)c1. The molecule has 0 amide bonds. The third-order valence-corrected chi connectivity index (χ3v) is 6.64. The molecule has 0 spiro atoms. The third kappa shape index (κ3) is 4.42. The molecule has 2 aromatic carbocycles. The largest absolute Gasteiger partial charge is 0.368 e. The minimum Gasteiger partial charge on any atom is -0.368 e. The number of hydrogen-bond donors (Lipinski definition) is 1. The number of aromatic nitrogens is 1. The fourth-order valence-electron chi connectivity index (χ4n) is 3.62. The fourth-order valence-corrected chi connectivity index (χ4v) is 4.80. The molecule has 0 saturated carbocycles. The van der Waals surface area contributed by atoms with E-state index in [-0.39, 0.29) is 5.82 Å². The molecule has 6 heteroatoms. The molecule has 0 radical (unpaired) electrons. The van der Waals surface area contributed by atoms with E-state index in [1.165, 1.54) is 28.7 Å². The zero-order valence-electron chi connectivity index (χ0n) is 15.1. The van der Waals surface area contributed by atoms with E-state index in [0.717, 1.165) is 49.8 Å². The molecule has 1 aliphatic rings. The quantitative estimate of drug-likeness (QED) is 0.448. The summed E-state index contributed by atoms with van der Waals surface area (Å²) >= 11 is 7.79. The predicted octanol–water partition coefficient (Wildman–Crippen LogP) is 5.26. The van der Waals surface area contributed by atoms with Crippen LogP contribution in [0.1, 0.15) is 6.42 Å². The van der Waals surface area contributed by atoms with Gasteiger partial charge in [-0.25, -0.2) is 4.39 Å². The van der Waals surface area contributed by atoms with Crippen LogP contribution in [0.5, 0.6) is 0 Å². The molecular formula is C21H23ClFN3S. The van der Waals surface area contributed by atoms with Crippen LogP contribution in [0, 0.1) is 5.82 Å². The molecular weight excluding hydrogens is 381 g/mol. The molecule has 1 aromatic heterocycles. The van der Waals surface area contributed by atoms with E-state index in [9.17, 15) is 4.39 Å². The number of thioether (sulfide) groups is 1. The van der Waals surface area contributed by atoms with Crippen LogP contribution in [-0.2, 0) is 0 Å². The Bertz CT molecular complexity index is 905. The number of benzene rings is 2. The Morgan fingerprint density at radius 3 is 2.74 bits per heavy atom. The lowest BCUT2D eigenvalue weighted by molar-refractivity contribution is 0.259. The van der Waals surface area contributed by atoms with Crippen molar-refractivity contribution in [1.82, 2.24) is 9.88 Å². The highest BCUT2D eigenvalue weighted by Gasteiger charge is 2.18. The predicted molar refractivity (Wildman–Crippen MR) is 114 cm³/mol. The van der Waals surface area contributed by atoms with Crippen molar-refractivity contribution in [3.05, 3.63) is 59.5 Å². The number of fused-ring (bicyclic) bond motifs is 1. The van der Waals surface area contributed by atoms with E-state index in [2.05, 4.69) is 39.0 Å². The number of halogens is 2. The molecule has 142 valence electrons. The Morgan fingerprint density at radius 1 is 1.07 bits per heavy atom. The molecule has 0 bridgehead atoms. The fraction of sp³-hybridized carbons (Fsp3) is 0.333. The summed E-state index contributed by atoms with van der Waals surface area (Å²) in [5.74, 6) is 0.714. The summed E-state index contributed by atoms with van der Waals surface area (Å²) in [6.07, 6.45) is 3.11. The Morgan fingerprint density at radius 2 is 1.93 bits per heavy atom. The van der Waals surface area contributed by atoms with Crippen molar-refractivity contribution < 1.29 is 4.39 Å². The van der Waals surface area contributed by atoms with Gasteiger partial charge in [-0.05, 0) is 55.1 Å². The molecule has 4 rings (SSSR count). The average Bonchev–Trinajstić information content (AvgIpc) is 3.16. The minimum atomic E-state index is -0.280. The Kier molecular flexibility index (Phi) is 5.91. The maximum Gasteiger partial charge on any atom is 0.124 e. The number of aromatic amines is 1. The molecule has 2 heterocycles. The van der Waals surface area contributed by atoms with Gasteiger partial charge in [0.2, 0.25) is 0 Å². The van der Waals surface area contributed by atoms with Gasteiger partial charge in [-0.15, -0.1) is 11.8 Å². The van der Waals surface area contributed by atoms with Crippen molar-refractivity contribution in [2.45, 2.75) is 11.3 Å². The topological polar surface area (TPSA) is 22.3 Å². The molecule has 27 heavy (non-hydrogen) atoms. The summed E-state index contributed by atoms with van der Waals surface area (Å²) < 4.78 is 13.1. The number of nitrogens with zero attached hydrogens (tertiary/aromatic N) is 2. The first kappa shape index (κ1) is 18.7. The highest BCUT2D eigenvalue weighted by molar-refractivity contribution is 7.99. The Labute approximate surface area is 168 Å². The Balaban J connectivity index is 1.23.